The highest BCUT2D eigenvalue weighted by molar-refractivity contribution is 9.10. The van der Waals surface area contributed by atoms with Crippen molar-refractivity contribution in [2.24, 2.45) is 0 Å². The lowest BCUT2D eigenvalue weighted by Gasteiger charge is -2.24. The highest BCUT2D eigenvalue weighted by Gasteiger charge is 2.24. The summed E-state index contributed by atoms with van der Waals surface area (Å²) in [6.45, 7) is 3.26. The van der Waals surface area contributed by atoms with Gasteiger partial charge in [-0.25, -0.2) is 0 Å². The predicted molar refractivity (Wildman–Crippen MR) is 133 cm³/mol. The normalized spacial score (nSPS) is 20.5. The Morgan fingerprint density at radius 2 is 1.78 bits per heavy atom. The molecular weight excluding hydrogens is 470 g/mol. The molecule has 9 heteroatoms. The topological polar surface area (TPSA) is 107 Å². The first kappa shape index (κ1) is 23.0. The van der Waals surface area contributed by atoms with Crippen LogP contribution in [-0.4, -0.2) is 44.7 Å². The van der Waals surface area contributed by atoms with Gasteiger partial charge in [0.25, 0.3) is 0 Å². The van der Waals surface area contributed by atoms with E-state index in [1.54, 1.807) is 12.1 Å². The lowest BCUT2D eigenvalue weighted by molar-refractivity contribution is 0.472. The molecular formula is C23H34BrN7O. The molecule has 4 rings (SSSR count). The van der Waals surface area contributed by atoms with Gasteiger partial charge < -0.3 is 26.4 Å². The number of benzene rings is 1. The molecule has 1 aromatic heterocycles. The van der Waals surface area contributed by atoms with E-state index in [9.17, 15) is 5.11 Å². The lowest BCUT2D eigenvalue weighted by atomic mass is 10.0. The van der Waals surface area contributed by atoms with Crippen LogP contribution in [0.1, 0.15) is 64.7 Å². The van der Waals surface area contributed by atoms with Crippen LogP contribution in [0.5, 0.6) is 5.75 Å². The van der Waals surface area contributed by atoms with Crippen LogP contribution in [0.25, 0.3) is 0 Å². The molecule has 1 aliphatic heterocycles. The first-order valence-electron chi connectivity index (χ1n) is 11.9. The number of hydrogen-bond acceptors (Lipinski definition) is 8. The summed E-state index contributed by atoms with van der Waals surface area (Å²) in [7, 11) is 0. The van der Waals surface area contributed by atoms with Crippen molar-refractivity contribution >= 4 is 39.5 Å². The number of nitrogens with zero attached hydrogens (tertiary/aromatic N) is 3. The molecule has 2 aromatic rings. The lowest BCUT2D eigenvalue weighted by Crippen LogP contribution is -2.40. The maximum absolute atomic E-state index is 9.79. The molecule has 2 unspecified atom stereocenters. The standard InChI is InChI=1S/C23H34BrN7O/c1-2-18(19-10-7-13-25-19)28-23-30-21(26-15-8-5-3-4-6-9-15)29-22(31-23)27-16-11-12-20(32)17(24)14-16/h11-12,14-15,18-19,25,32H,2-10,13H2,1H3,(H3,26,27,28,29,30,31). The Kier molecular flexibility index (Phi) is 8.02. The van der Waals surface area contributed by atoms with Crippen LogP contribution in [0.4, 0.5) is 23.5 Å². The van der Waals surface area contributed by atoms with E-state index in [1.807, 2.05) is 6.07 Å². The number of nitrogens with one attached hydrogen (secondary N) is 4. The number of aromatic nitrogens is 3. The first-order chi connectivity index (χ1) is 15.6. The van der Waals surface area contributed by atoms with E-state index in [1.165, 1.54) is 32.1 Å². The second-order valence-electron chi connectivity index (χ2n) is 8.79. The summed E-state index contributed by atoms with van der Waals surface area (Å²) in [4.78, 5) is 14.0. The molecule has 174 valence electrons. The Balaban J connectivity index is 1.56. The molecule has 2 heterocycles. The SMILES string of the molecule is CCC(Nc1nc(Nc2ccc(O)c(Br)c2)nc(NC2CCCCCC2)n1)C1CCCN1. The van der Waals surface area contributed by atoms with Gasteiger partial charge in [0, 0.05) is 23.8 Å². The van der Waals surface area contributed by atoms with Crippen LogP contribution in [0.15, 0.2) is 22.7 Å². The quantitative estimate of drug-likeness (QED) is 0.248. The fourth-order valence-corrected chi connectivity index (χ4v) is 4.97. The summed E-state index contributed by atoms with van der Waals surface area (Å²) in [6, 6.07) is 6.33. The summed E-state index contributed by atoms with van der Waals surface area (Å²) in [5.41, 5.74) is 0.789. The smallest absolute Gasteiger partial charge is 0.233 e. The minimum atomic E-state index is 0.194. The Morgan fingerprint density at radius 3 is 2.47 bits per heavy atom. The molecule has 1 aromatic carbocycles. The Labute approximate surface area is 198 Å². The number of hydrogen-bond donors (Lipinski definition) is 5. The zero-order chi connectivity index (χ0) is 22.3. The molecule has 0 spiro atoms. The Morgan fingerprint density at radius 1 is 1.03 bits per heavy atom. The summed E-state index contributed by atoms with van der Waals surface area (Å²) < 4.78 is 0.616. The van der Waals surface area contributed by atoms with E-state index in [0.29, 0.717) is 34.4 Å². The maximum Gasteiger partial charge on any atom is 0.233 e. The molecule has 2 atom stereocenters. The van der Waals surface area contributed by atoms with Crippen LogP contribution >= 0.6 is 15.9 Å². The largest absolute Gasteiger partial charge is 0.507 e. The van der Waals surface area contributed by atoms with Gasteiger partial charge in [-0.05, 0) is 72.8 Å². The van der Waals surface area contributed by atoms with Gasteiger partial charge >= 0.3 is 0 Å². The number of phenolic OH excluding ortho intramolecular Hbond substituents is 1. The van der Waals surface area contributed by atoms with Crippen molar-refractivity contribution in [3.05, 3.63) is 22.7 Å². The minimum absolute atomic E-state index is 0.194. The second kappa shape index (κ2) is 11.1. The summed E-state index contributed by atoms with van der Waals surface area (Å²) in [5.74, 6) is 1.85. The van der Waals surface area contributed by atoms with Gasteiger partial charge in [0.15, 0.2) is 0 Å². The molecule has 2 fully saturated rings. The van der Waals surface area contributed by atoms with E-state index in [0.717, 1.165) is 37.9 Å². The summed E-state index contributed by atoms with van der Waals surface area (Å²) in [6.07, 6.45) is 10.7. The van der Waals surface area contributed by atoms with Crippen LogP contribution in [0, 0.1) is 0 Å². The fourth-order valence-electron chi connectivity index (χ4n) is 4.59. The molecule has 1 saturated carbocycles. The highest BCUT2D eigenvalue weighted by Crippen LogP contribution is 2.28. The third-order valence-corrected chi connectivity index (χ3v) is 7.00. The van der Waals surface area contributed by atoms with Gasteiger partial charge in [-0.15, -0.1) is 0 Å². The predicted octanol–water partition coefficient (Wildman–Crippen LogP) is 5.16. The number of aromatic hydroxyl groups is 1. The Hall–Kier alpha value is -2.13. The second-order valence-corrected chi connectivity index (χ2v) is 9.65. The average Bonchev–Trinajstić information content (AvgIpc) is 3.19. The van der Waals surface area contributed by atoms with Gasteiger partial charge in [-0.1, -0.05) is 32.6 Å². The number of phenols is 1. The minimum Gasteiger partial charge on any atom is -0.507 e. The zero-order valence-electron chi connectivity index (χ0n) is 18.7. The monoisotopic (exact) mass is 503 g/mol. The number of rotatable bonds is 8. The number of halogens is 1. The van der Waals surface area contributed by atoms with Crippen LogP contribution in [0.2, 0.25) is 0 Å². The van der Waals surface area contributed by atoms with Crippen molar-refractivity contribution < 1.29 is 5.11 Å². The summed E-state index contributed by atoms with van der Waals surface area (Å²) in [5, 5.41) is 23.8. The molecule has 5 N–H and O–H groups in total. The van der Waals surface area contributed by atoms with E-state index < -0.39 is 0 Å². The van der Waals surface area contributed by atoms with Crippen LogP contribution in [0.3, 0.4) is 0 Å². The van der Waals surface area contributed by atoms with Gasteiger partial charge in [0.05, 0.1) is 4.47 Å². The molecule has 0 bridgehead atoms. The summed E-state index contributed by atoms with van der Waals surface area (Å²) >= 11 is 3.37. The molecule has 1 saturated heterocycles. The first-order valence-corrected chi connectivity index (χ1v) is 12.7. The molecule has 0 radical (unpaired) electrons. The fraction of sp³-hybridized carbons (Fsp3) is 0.609. The van der Waals surface area contributed by atoms with Gasteiger partial charge in [0.1, 0.15) is 5.75 Å². The zero-order valence-corrected chi connectivity index (χ0v) is 20.3. The third kappa shape index (κ3) is 6.22. The van der Waals surface area contributed by atoms with Crippen molar-refractivity contribution in [1.82, 2.24) is 20.3 Å². The van der Waals surface area contributed by atoms with E-state index >= 15 is 0 Å². The molecule has 32 heavy (non-hydrogen) atoms. The van der Waals surface area contributed by atoms with E-state index in [4.69, 9.17) is 4.98 Å². The van der Waals surface area contributed by atoms with Crippen molar-refractivity contribution in [1.29, 1.82) is 0 Å². The molecule has 2 aliphatic rings. The van der Waals surface area contributed by atoms with Gasteiger partial charge in [0.2, 0.25) is 17.8 Å². The van der Waals surface area contributed by atoms with E-state index in [-0.39, 0.29) is 11.8 Å². The van der Waals surface area contributed by atoms with Crippen molar-refractivity contribution in [3.63, 3.8) is 0 Å². The van der Waals surface area contributed by atoms with Crippen molar-refractivity contribution in [2.45, 2.75) is 82.8 Å². The molecule has 1 aliphatic carbocycles. The number of anilines is 4. The van der Waals surface area contributed by atoms with Gasteiger partial charge in [-0.3, -0.25) is 0 Å². The van der Waals surface area contributed by atoms with Gasteiger partial charge in [-0.2, -0.15) is 15.0 Å². The van der Waals surface area contributed by atoms with Crippen molar-refractivity contribution in [2.75, 3.05) is 22.5 Å². The molecule has 0 amide bonds. The van der Waals surface area contributed by atoms with Crippen LogP contribution in [-0.2, 0) is 0 Å². The third-order valence-electron chi connectivity index (χ3n) is 6.37. The maximum atomic E-state index is 9.79. The highest BCUT2D eigenvalue weighted by atomic mass is 79.9. The average molecular weight is 504 g/mol. The van der Waals surface area contributed by atoms with Crippen LogP contribution < -0.4 is 21.3 Å². The molecule has 8 nitrogen and oxygen atoms in total. The Bertz CT molecular complexity index is 883. The van der Waals surface area contributed by atoms with E-state index in [2.05, 4.69) is 54.1 Å². The van der Waals surface area contributed by atoms with Crippen molar-refractivity contribution in [3.8, 4) is 5.75 Å².